The number of nitrogens with one attached hydrogen (secondary N) is 1. The summed E-state index contributed by atoms with van der Waals surface area (Å²) in [6.45, 7) is 6.45. The normalized spacial score (nSPS) is 12.9. The molecule has 1 atom stereocenters. The van der Waals surface area contributed by atoms with E-state index in [-0.39, 0.29) is 5.91 Å². The lowest BCUT2D eigenvalue weighted by molar-refractivity contribution is -0.122. The molecule has 1 unspecified atom stereocenters. The Balaban J connectivity index is 3.68. The SMILES string of the molecule is CCCCCC(=O)NC(CI)C(C)C. The van der Waals surface area contributed by atoms with Crippen molar-refractivity contribution in [2.24, 2.45) is 5.92 Å². The zero-order valence-corrected chi connectivity index (χ0v) is 11.6. The Morgan fingerprint density at radius 2 is 2.00 bits per heavy atom. The third-order valence-electron chi connectivity index (χ3n) is 2.32. The highest BCUT2D eigenvalue weighted by atomic mass is 127. The van der Waals surface area contributed by atoms with Crippen LogP contribution in [0.4, 0.5) is 0 Å². The fraction of sp³-hybridized carbons (Fsp3) is 0.909. The summed E-state index contributed by atoms with van der Waals surface area (Å²) in [6, 6.07) is 0.338. The molecule has 14 heavy (non-hydrogen) atoms. The highest BCUT2D eigenvalue weighted by molar-refractivity contribution is 14.1. The quantitative estimate of drug-likeness (QED) is 0.437. The van der Waals surface area contributed by atoms with Crippen molar-refractivity contribution in [2.45, 2.75) is 52.5 Å². The van der Waals surface area contributed by atoms with E-state index in [2.05, 4.69) is 48.7 Å². The van der Waals surface area contributed by atoms with E-state index in [0.29, 0.717) is 18.4 Å². The van der Waals surface area contributed by atoms with E-state index in [9.17, 15) is 4.79 Å². The van der Waals surface area contributed by atoms with Crippen molar-refractivity contribution >= 4 is 28.5 Å². The van der Waals surface area contributed by atoms with Crippen molar-refractivity contribution in [2.75, 3.05) is 4.43 Å². The van der Waals surface area contributed by atoms with E-state index < -0.39 is 0 Å². The minimum atomic E-state index is 0.216. The first kappa shape index (κ1) is 14.2. The van der Waals surface area contributed by atoms with E-state index in [1.54, 1.807) is 0 Å². The van der Waals surface area contributed by atoms with Gasteiger partial charge in [-0.3, -0.25) is 4.79 Å². The molecule has 0 aromatic rings. The molecule has 0 fully saturated rings. The van der Waals surface area contributed by atoms with Crippen LogP contribution in [0.2, 0.25) is 0 Å². The van der Waals surface area contributed by atoms with Gasteiger partial charge in [0.1, 0.15) is 0 Å². The Bertz CT molecular complexity index is 159. The topological polar surface area (TPSA) is 29.1 Å². The Morgan fingerprint density at radius 3 is 2.43 bits per heavy atom. The van der Waals surface area contributed by atoms with Gasteiger partial charge in [0.2, 0.25) is 5.91 Å². The van der Waals surface area contributed by atoms with Gasteiger partial charge in [-0.2, -0.15) is 0 Å². The lowest BCUT2D eigenvalue weighted by Gasteiger charge is -2.19. The zero-order valence-electron chi connectivity index (χ0n) is 9.48. The maximum absolute atomic E-state index is 11.5. The molecule has 84 valence electrons. The zero-order chi connectivity index (χ0) is 11.0. The minimum Gasteiger partial charge on any atom is -0.352 e. The van der Waals surface area contributed by atoms with Crippen LogP contribution in [0.25, 0.3) is 0 Å². The van der Waals surface area contributed by atoms with Gasteiger partial charge in [0.25, 0.3) is 0 Å². The number of unbranched alkanes of at least 4 members (excludes halogenated alkanes) is 2. The molecule has 0 aliphatic rings. The first-order valence-electron chi connectivity index (χ1n) is 5.47. The molecule has 0 aromatic heterocycles. The molecule has 0 aliphatic carbocycles. The molecular formula is C11H22INO. The van der Waals surface area contributed by atoms with Crippen LogP contribution in [-0.4, -0.2) is 16.4 Å². The van der Waals surface area contributed by atoms with Crippen molar-refractivity contribution < 1.29 is 4.79 Å². The lowest BCUT2D eigenvalue weighted by atomic mass is 10.1. The number of hydrogen-bond donors (Lipinski definition) is 1. The highest BCUT2D eigenvalue weighted by Crippen LogP contribution is 2.06. The van der Waals surface area contributed by atoms with Crippen molar-refractivity contribution in [3.8, 4) is 0 Å². The first-order chi connectivity index (χ1) is 6.61. The predicted octanol–water partition coefficient (Wildman–Crippen LogP) is 3.14. The number of amides is 1. The second-order valence-electron chi connectivity index (χ2n) is 4.03. The molecule has 3 heteroatoms. The molecule has 0 radical (unpaired) electrons. The number of carbonyl (C=O) groups is 1. The Kier molecular flexibility index (Phi) is 8.63. The summed E-state index contributed by atoms with van der Waals surface area (Å²) in [5.74, 6) is 0.746. The van der Waals surface area contributed by atoms with Gasteiger partial charge in [0.05, 0.1) is 0 Å². The summed E-state index contributed by atoms with van der Waals surface area (Å²) < 4.78 is 0.995. The monoisotopic (exact) mass is 311 g/mol. The number of rotatable bonds is 7. The number of carbonyl (C=O) groups excluding carboxylic acids is 1. The van der Waals surface area contributed by atoms with E-state index in [4.69, 9.17) is 0 Å². The van der Waals surface area contributed by atoms with Crippen LogP contribution in [0, 0.1) is 5.92 Å². The van der Waals surface area contributed by atoms with Gasteiger partial charge in [-0.25, -0.2) is 0 Å². The number of halogens is 1. The molecule has 0 rings (SSSR count). The number of hydrogen-bond acceptors (Lipinski definition) is 1. The molecule has 1 N–H and O–H groups in total. The largest absolute Gasteiger partial charge is 0.352 e. The van der Waals surface area contributed by atoms with Gasteiger partial charge in [-0.15, -0.1) is 0 Å². The van der Waals surface area contributed by atoms with Crippen molar-refractivity contribution in [1.82, 2.24) is 5.32 Å². The van der Waals surface area contributed by atoms with Gasteiger partial charge in [0.15, 0.2) is 0 Å². The lowest BCUT2D eigenvalue weighted by Crippen LogP contribution is -2.39. The summed E-state index contributed by atoms with van der Waals surface area (Å²) in [4.78, 5) is 11.5. The second-order valence-corrected chi connectivity index (χ2v) is 4.91. The van der Waals surface area contributed by atoms with E-state index in [0.717, 1.165) is 17.3 Å². The van der Waals surface area contributed by atoms with E-state index in [1.807, 2.05) is 0 Å². The first-order valence-corrected chi connectivity index (χ1v) is 6.99. The Hall–Kier alpha value is 0.200. The van der Waals surface area contributed by atoms with Crippen LogP contribution >= 0.6 is 22.6 Å². The molecule has 0 heterocycles. The van der Waals surface area contributed by atoms with Gasteiger partial charge < -0.3 is 5.32 Å². The Morgan fingerprint density at radius 1 is 1.36 bits per heavy atom. The van der Waals surface area contributed by atoms with Crippen LogP contribution in [0.1, 0.15) is 46.5 Å². The third-order valence-corrected chi connectivity index (χ3v) is 3.27. The smallest absolute Gasteiger partial charge is 0.220 e. The van der Waals surface area contributed by atoms with Crippen LogP contribution < -0.4 is 5.32 Å². The predicted molar refractivity (Wildman–Crippen MR) is 69.8 cm³/mol. The summed E-state index contributed by atoms with van der Waals surface area (Å²) in [5.41, 5.74) is 0. The van der Waals surface area contributed by atoms with Gasteiger partial charge in [0, 0.05) is 16.9 Å². The molecule has 1 amide bonds. The summed E-state index contributed by atoms with van der Waals surface area (Å²) >= 11 is 2.33. The minimum absolute atomic E-state index is 0.216. The molecule has 0 bridgehead atoms. The second kappa shape index (κ2) is 8.50. The average molecular weight is 311 g/mol. The van der Waals surface area contributed by atoms with Gasteiger partial charge in [-0.1, -0.05) is 56.2 Å². The van der Waals surface area contributed by atoms with Crippen LogP contribution in [0.3, 0.4) is 0 Å². The standard InChI is InChI=1S/C11H22INO/c1-4-5-6-7-11(14)13-10(8-12)9(2)3/h9-10H,4-8H2,1-3H3,(H,13,14). The Labute approximate surface area is 101 Å². The summed E-state index contributed by atoms with van der Waals surface area (Å²) in [5, 5.41) is 3.08. The van der Waals surface area contributed by atoms with Crippen LogP contribution in [0.5, 0.6) is 0 Å². The van der Waals surface area contributed by atoms with Crippen molar-refractivity contribution in [3.63, 3.8) is 0 Å². The number of alkyl halides is 1. The fourth-order valence-corrected chi connectivity index (χ4v) is 2.44. The maximum atomic E-state index is 11.5. The average Bonchev–Trinajstić information content (AvgIpc) is 2.14. The fourth-order valence-electron chi connectivity index (χ4n) is 1.20. The molecular weight excluding hydrogens is 289 g/mol. The molecule has 0 aromatic carbocycles. The van der Waals surface area contributed by atoms with Gasteiger partial charge >= 0.3 is 0 Å². The molecule has 0 spiro atoms. The third kappa shape index (κ3) is 6.62. The molecule has 0 aliphatic heterocycles. The molecule has 2 nitrogen and oxygen atoms in total. The summed E-state index contributed by atoms with van der Waals surface area (Å²) in [7, 11) is 0. The van der Waals surface area contributed by atoms with E-state index in [1.165, 1.54) is 6.42 Å². The van der Waals surface area contributed by atoms with Crippen LogP contribution in [-0.2, 0) is 4.79 Å². The highest BCUT2D eigenvalue weighted by Gasteiger charge is 2.13. The van der Waals surface area contributed by atoms with Gasteiger partial charge in [-0.05, 0) is 12.3 Å². The van der Waals surface area contributed by atoms with E-state index >= 15 is 0 Å². The molecule has 0 saturated heterocycles. The van der Waals surface area contributed by atoms with Crippen LogP contribution in [0.15, 0.2) is 0 Å². The van der Waals surface area contributed by atoms with Crippen molar-refractivity contribution in [3.05, 3.63) is 0 Å². The summed E-state index contributed by atoms with van der Waals surface area (Å²) in [6.07, 6.45) is 4.04. The molecule has 0 saturated carbocycles. The maximum Gasteiger partial charge on any atom is 0.220 e. The van der Waals surface area contributed by atoms with Crippen molar-refractivity contribution in [1.29, 1.82) is 0 Å².